The zero-order valence-corrected chi connectivity index (χ0v) is 21.8. The van der Waals surface area contributed by atoms with E-state index in [1.807, 2.05) is 36.4 Å². The molecule has 190 valence electrons. The topological polar surface area (TPSA) is 84.9 Å². The molecule has 0 bridgehead atoms. The number of thioether (sulfide) groups is 1. The summed E-state index contributed by atoms with van der Waals surface area (Å²) in [7, 11) is 0. The molecule has 2 heterocycles. The van der Waals surface area contributed by atoms with Crippen LogP contribution in [0, 0.1) is 0 Å². The second-order valence-corrected chi connectivity index (χ2v) is 12.1. The number of hydrogen-bond donors (Lipinski definition) is 2. The maximum atomic E-state index is 13.0. The lowest BCUT2D eigenvalue weighted by Crippen LogP contribution is -2.54. The van der Waals surface area contributed by atoms with Crippen molar-refractivity contribution < 1.29 is 24.2 Å². The molecule has 3 aliphatic rings. The number of fused-ring (bicyclic) bond motifs is 2. The Morgan fingerprint density at radius 3 is 2.39 bits per heavy atom. The lowest BCUT2D eigenvalue weighted by molar-refractivity contribution is -0.111. The Hall–Kier alpha value is -2.61. The Morgan fingerprint density at radius 2 is 1.72 bits per heavy atom. The van der Waals surface area contributed by atoms with E-state index in [-0.39, 0.29) is 17.3 Å². The number of aliphatic hydroxyl groups is 1. The molecular weight excluding hydrogens is 474 g/mol. The highest BCUT2D eigenvalue weighted by Crippen LogP contribution is 2.51. The highest BCUT2D eigenvalue weighted by Gasteiger charge is 2.51. The van der Waals surface area contributed by atoms with Crippen LogP contribution in [0.15, 0.2) is 53.4 Å². The number of allylic oxidation sites excluding steroid dienone is 1. The number of carbonyl (C=O) groups is 2. The fourth-order valence-corrected chi connectivity index (χ4v) is 6.71. The van der Waals surface area contributed by atoms with Crippen LogP contribution in [0.2, 0.25) is 0 Å². The predicted octanol–water partition coefficient (Wildman–Crippen LogP) is 4.50. The standard InChI is InChI=1S/C29H33NO5S/c1-28(2,3)18-8-10-20(11-9-18)34-17-19(31)16-23-29(12-14-30-15-13-29)35-26-22-7-5-4-6-21(22)24(32)25(33)27(26)36-23/h4-11,19,23,30-31H,12-17H2,1-3H3/t19?,23-/m1/s1. The van der Waals surface area contributed by atoms with Gasteiger partial charge in [-0.1, -0.05) is 57.2 Å². The number of piperidine rings is 1. The van der Waals surface area contributed by atoms with Gasteiger partial charge in [0.05, 0.1) is 11.4 Å². The van der Waals surface area contributed by atoms with Crippen molar-refractivity contribution in [3.05, 3.63) is 70.1 Å². The normalized spacial score (nSPS) is 22.1. The minimum atomic E-state index is -0.746. The number of Topliss-reactive ketones (excluding diaryl/α,β-unsaturated/α-hetero) is 2. The van der Waals surface area contributed by atoms with Gasteiger partial charge in [0.25, 0.3) is 0 Å². The summed E-state index contributed by atoms with van der Waals surface area (Å²) in [5.74, 6) is 0.207. The lowest BCUT2D eigenvalue weighted by Gasteiger charge is -2.48. The maximum Gasteiger partial charge on any atom is 0.243 e. The second kappa shape index (κ2) is 9.69. The van der Waals surface area contributed by atoms with E-state index in [1.165, 1.54) is 17.3 Å². The second-order valence-electron chi connectivity index (χ2n) is 10.9. The Bertz CT molecular complexity index is 1190. The third kappa shape index (κ3) is 4.72. The third-order valence-electron chi connectivity index (χ3n) is 7.29. The van der Waals surface area contributed by atoms with E-state index in [0.717, 1.165) is 25.9 Å². The Morgan fingerprint density at radius 1 is 1.06 bits per heavy atom. The first-order valence-corrected chi connectivity index (χ1v) is 13.5. The molecule has 1 saturated heterocycles. The van der Waals surface area contributed by atoms with Crippen LogP contribution in [-0.2, 0) is 14.9 Å². The quantitative estimate of drug-likeness (QED) is 0.577. The van der Waals surface area contributed by atoms with Gasteiger partial charge in [-0.05, 0) is 42.6 Å². The van der Waals surface area contributed by atoms with Crippen LogP contribution in [0.5, 0.6) is 5.75 Å². The maximum absolute atomic E-state index is 13.0. The SMILES string of the molecule is CC(C)(C)c1ccc(OCC(O)C[C@H]2SC3=C(OC24CCNCC4)c2ccccc2C(=O)C3=O)cc1. The summed E-state index contributed by atoms with van der Waals surface area (Å²) in [6, 6.07) is 15.1. The predicted molar refractivity (Wildman–Crippen MR) is 141 cm³/mol. The molecule has 2 N–H and O–H groups in total. The number of hydrogen-bond acceptors (Lipinski definition) is 7. The monoisotopic (exact) mass is 507 g/mol. The van der Waals surface area contributed by atoms with Crippen LogP contribution in [0.4, 0.5) is 0 Å². The zero-order chi connectivity index (χ0) is 25.5. The summed E-state index contributed by atoms with van der Waals surface area (Å²) in [6.45, 7) is 8.22. The number of nitrogens with one attached hydrogen (secondary N) is 1. The van der Waals surface area contributed by atoms with Crippen molar-refractivity contribution in [1.82, 2.24) is 5.32 Å². The summed E-state index contributed by atoms with van der Waals surface area (Å²) >= 11 is 1.39. The first kappa shape index (κ1) is 25.1. The van der Waals surface area contributed by atoms with E-state index in [0.29, 0.717) is 34.0 Å². The number of aliphatic hydroxyl groups excluding tert-OH is 1. The fraction of sp³-hybridized carbons (Fsp3) is 0.448. The molecule has 1 unspecified atom stereocenters. The van der Waals surface area contributed by atoms with Crippen LogP contribution >= 0.6 is 11.8 Å². The summed E-state index contributed by atoms with van der Waals surface area (Å²) in [5, 5.41) is 14.2. The van der Waals surface area contributed by atoms with Crippen molar-refractivity contribution >= 4 is 29.1 Å². The molecule has 1 fully saturated rings. The van der Waals surface area contributed by atoms with E-state index >= 15 is 0 Å². The average Bonchev–Trinajstić information content (AvgIpc) is 2.87. The van der Waals surface area contributed by atoms with Gasteiger partial charge in [0.2, 0.25) is 11.6 Å². The van der Waals surface area contributed by atoms with Crippen LogP contribution in [0.3, 0.4) is 0 Å². The Balaban J connectivity index is 1.35. The minimum absolute atomic E-state index is 0.0609. The van der Waals surface area contributed by atoms with Crippen LogP contribution in [0.25, 0.3) is 5.76 Å². The molecule has 2 atom stereocenters. The van der Waals surface area contributed by atoms with Crippen LogP contribution in [-0.4, -0.2) is 53.3 Å². The largest absolute Gasteiger partial charge is 0.491 e. The molecule has 7 heteroatoms. The molecule has 1 aliphatic carbocycles. The molecule has 6 nitrogen and oxygen atoms in total. The van der Waals surface area contributed by atoms with E-state index in [1.54, 1.807) is 12.1 Å². The van der Waals surface area contributed by atoms with Crippen molar-refractivity contribution in [1.29, 1.82) is 0 Å². The van der Waals surface area contributed by atoms with Gasteiger partial charge in [-0.25, -0.2) is 0 Å². The highest BCUT2D eigenvalue weighted by molar-refractivity contribution is 8.05. The van der Waals surface area contributed by atoms with Gasteiger partial charge >= 0.3 is 0 Å². The molecule has 5 rings (SSSR count). The molecule has 0 saturated carbocycles. The van der Waals surface area contributed by atoms with Crippen molar-refractivity contribution in [3.8, 4) is 5.75 Å². The number of benzene rings is 2. The summed E-state index contributed by atoms with van der Waals surface area (Å²) in [6.07, 6.45) is 1.16. The van der Waals surface area contributed by atoms with Crippen molar-refractivity contribution in [2.45, 2.75) is 62.4 Å². The molecule has 2 aliphatic heterocycles. The summed E-state index contributed by atoms with van der Waals surface area (Å²) < 4.78 is 12.6. The van der Waals surface area contributed by atoms with E-state index in [9.17, 15) is 14.7 Å². The van der Waals surface area contributed by atoms with E-state index < -0.39 is 23.3 Å². The zero-order valence-electron chi connectivity index (χ0n) is 21.0. The van der Waals surface area contributed by atoms with Gasteiger partial charge in [-0.3, -0.25) is 9.59 Å². The van der Waals surface area contributed by atoms with Gasteiger partial charge < -0.3 is 19.9 Å². The van der Waals surface area contributed by atoms with Gasteiger partial charge in [-0.2, -0.15) is 0 Å². The molecular formula is C29H33NO5S. The smallest absolute Gasteiger partial charge is 0.243 e. The first-order chi connectivity index (χ1) is 17.2. The molecule has 0 radical (unpaired) electrons. The molecule has 0 amide bonds. The third-order valence-corrected chi connectivity index (χ3v) is 8.80. The molecule has 2 aromatic rings. The van der Waals surface area contributed by atoms with Crippen LogP contribution in [0.1, 0.15) is 61.5 Å². The fourth-order valence-electron chi connectivity index (χ4n) is 5.15. The number of ketones is 2. The van der Waals surface area contributed by atoms with Crippen LogP contribution < -0.4 is 10.1 Å². The Labute approximate surface area is 216 Å². The van der Waals surface area contributed by atoms with E-state index in [2.05, 4.69) is 26.1 Å². The highest BCUT2D eigenvalue weighted by atomic mass is 32.2. The number of ether oxygens (including phenoxy) is 2. The molecule has 0 aromatic heterocycles. The summed E-state index contributed by atoms with van der Waals surface area (Å²) in [4.78, 5) is 26.2. The molecule has 2 aromatic carbocycles. The van der Waals surface area contributed by atoms with Crippen molar-refractivity contribution in [2.24, 2.45) is 0 Å². The van der Waals surface area contributed by atoms with Crippen molar-refractivity contribution in [2.75, 3.05) is 19.7 Å². The number of carbonyl (C=O) groups excluding carboxylic acids is 2. The van der Waals surface area contributed by atoms with Gasteiger partial charge in [0.1, 0.15) is 28.6 Å². The molecule has 1 spiro atoms. The Kier molecular flexibility index (Phi) is 6.74. The van der Waals surface area contributed by atoms with Gasteiger partial charge in [0.15, 0.2) is 0 Å². The molecule has 36 heavy (non-hydrogen) atoms. The summed E-state index contributed by atoms with van der Waals surface area (Å²) in [5.41, 5.74) is 1.83. The van der Waals surface area contributed by atoms with Gasteiger partial charge in [-0.15, -0.1) is 11.8 Å². The van der Waals surface area contributed by atoms with Crippen molar-refractivity contribution in [3.63, 3.8) is 0 Å². The minimum Gasteiger partial charge on any atom is -0.491 e. The van der Waals surface area contributed by atoms with Gasteiger partial charge in [0, 0.05) is 24.0 Å². The number of rotatable bonds is 5. The lowest BCUT2D eigenvalue weighted by atomic mass is 9.84. The average molecular weight is 508 g/mol. The first-order valence-electron chi connectivity index (χ1n) is 12.6. The van der Waals surface area contributed by atoms with E-state index in [4.69, 9.17) is 9.47 Å².